The number of amides is 2. The number of aromatic nitrogens is 2. The van der Waals surface area contributed by atoms with Gasteiger partial charge in [-0.25, -0.2) is 0 Å². The molecule has 0 unspecified atom stereocenters. The molecule has 0 aliphatic heterocycles. The van der Waals surface area contributed by atoms with Crippen LogP contribution < -0.4 is 14.8 Å². The Labute approximate surface area is 207 Å². The Bertz CT molecular complexity index is 1340. The maximum absolute atomic E-state index is 13.6. The van der Waals surface area contributed by atoms with Gasteiger partial charge in [0, 0.05) is 48.2 Å². The molecule has 3 aromatic heterocycles. The molecular weight excluding hydrogens is 464 g/mol. The molecule has 1 aromatic carbocycles. The number of benzene rings is 1. The lowest BCUT2D eigenvalue weighted by Gasteiger charge is -2.21. The van der Waals surface area contributed by atoms with Gasteiger partial charge in [0.25, 0.3) is 5.91 Å². The van der Waals surface area contributed by atoms with E-state index in [0.29, 0.717) is 22.9 Å². The van der Waals surface area contributed by atoms with Crippen LogP contribution in [0, 0.1) is 0 Å². The first kappa shape index (κ1) is 24.2. The van der Waals surface area contributed by atoms with Crippen LogP contribution in [0.1, 0.15) is 21.8 Å². The Kier molecular flexibility index (Phi) is 7.57. The molecule has 9 heteroatoms. The van der Waals surface area contributed by atoms with Crippen molar-refractivity contribution in [2.45, 2.75) is 13.0 Å². The first-order valence-corrected chi connectivity index (χ1v) is 11.8. The number of hydrogen-bond donors (Lipinski definition) is 1. The number of methoxy groups -OCH3 is 2. The summed E-state index contributed by atoms with van der Waals surface area (Å²) in [4.78, 5) is 36.4. The molecule has 0 saturated carbocycles. The number of nitrogens with one attached hydrogen (secondary N) is 1. The van der Waals surface area contributed by atoms with Crippen LogP contribution in [0.4, 0.5) is 0 Å². The molecule has 35 heavy (non-hydrogen) atoms. The van der Waals surface area contributed by atoms with Crippen LogP contribution >= 0.6 is 11.3 Å². The SMILES string of the molecule is CNC(=O)CCN(Cc1ccccn1)C(=O)c1cc2cc(OC)cc(-c3cncc(OC)c3)c2s1. The summed E-state index contributed by atoms with van der Waals surface area (Å²) >= 11 is 1.40. The van der Waals surface area contributed by atoms with Gasteiger partial charge in [-0.2, -0.15) is 0 Å². The highest BCUT2D eigenvalue weighted by molar-refractivity contribution is 7.21. The maximum Gasteiger partial charge on any atom is 0.264 e. The second-order valence-corrected chi connectivity index (χ2v) is 8.84. The normalized spacial score (nSPS) is 10.7. The fraction of sp³-hybridized carbons (Fsp3) is 0.231. The quantitative estimate of drug-likeness (QED) is 0.379. The molecule has 3 heterocycles. The average molecular weight is 491 g/mol. The monoisotopic (exact) mass is 490 g/mol. The second kappa shape index (κ2) is 11.0. The minimum atomic E-state index is -0.158. The summed E-state index contributed by atoms with van der Waals surface area (Å²) in [5.74, 6) is 1.03. The molecule has 0 aliphatic carbocycles. The third-order valence-corrected chi connectivity index (χ3v) is 6.72. The van der Waals surface area contributed by atoms with E-state index in [2.05, 4.69) is 15.3 Å². The number of hydrogen-bond acceptors (Lipinski definition) is 7. The van der Waals surface area contributed by atoms with Gasteiger partial charge in [-0.3, -0.25) is 19.6 Å². The zero-order valence-electron chi connectivity index (χ0n) is 19.8. The van der Waals surface area contributed by atoms with Crippen molar-refractivity contribution in [2.75, 3.05) is 27.8 Å². The number of thiophene rings is 1. The molecule has 4 rings (SSSR count). The van der Waals surface area contributed by atoms with Gasteiger partial charge in [0.15, 0.2) is 0 Å². The standard InChI is InChI=1S/C26H26N4O4S/c1-27-24(31)7-9-30(16-19-6-4-5-8-29-19)26(32)23-12-17-10-20(33-2)13-22(25(17)35-23)18-11-21(34-3)15-28-14-18/h4-6,8,10-15H,7,9,16H2,1-3H3,(H,27,31). The molecule has 0 atom stereocenters. The largest absolute Gasteiger partial charge is 0.497 e. The zero-order valence-corrected chi connectivity index (χ0v) is 20.6. The Balaban J connectivity index is 1.73. The maximum atomic E-state index is 13.6. The van der Waals surface area contributed by atoms with Crippen molar-refractivity contribution in [3.05, 3.63) is 71.6 Å². The number of carbonyl (C=O) groups excluding carboxylic acids is 2. The van der Waals surface area contributed by atoms with Gasteiger partial charge < -0.3 is 19.7 Å². The lowest BCUT2D eigenvalue weighted by atomic mass is 10.0. The molecule has 2 amide bonds. The van der Waals surface area contributed by atoms with Crippen molar-refractivity contribution in [3.63, 3.8) is 0 Å². The lowest BCUT2D eigenvalue weighted by molar-refractivity contribution is -0.120. The van der Waals surface area contributed by atoms with Crippen molar-refractivity contribution in [3.8, 4) is 22.6 Å². The Morgan fingerprint density at radius 1 is 1.06 bits per heavy atom. The molecule has 0 aliphatic rings. The molecule has 0 bridgehead atoms. The van der Waals surface area contributed by atoms with E-state index in [1.807, 2.05) is 42.5 Å². The fourth-order valence-corrected chi connectivity index (χ4v) is 4.84. The van der Waals surface area contributed by atoms with E-state index >= 15 is 0 Å². The lowest BCUT2D eigenvalue weighted by Crippen LogP contribution is -2.34. The van der Waals surface area contributed by atoms with Crippen LogP contribution in [0.3, 0.4) is 0 Å². The van der Waals surface area contributed by atoms with Crippen molar-refractivity contribution >= 4 is 33.2 Å². The Hall–Kier alpha value is -3.98. The molecule has 0 radical (unpaired) electrons. The van der Waals surface area contributed by atoms with Crippen molar-refractivity contribution in [2.24, 2.45) is 0 Å². The van der Waals surface area contributed by atoms with E-state index in [4.69, 9.17) is 9.47 Å². The highest BCUT2D eigenvalue weighted by atomic mass is 32.1. The van der Waals surface area contributed by atoms with Gasteiger partial charge in [-0.15, -0.1) is 11.3 Å². The third-order valence-electron chi connectivity index (χ3n) is 5.55. The summed E-state index contributed by atoms with van der Waals surface area (Å²) in [5, 5.41) is 3.50. The van der Waals surface area contributed by atoms with Gasteiger partial charge in [0.1, 0.15) is 11.5 Å². The predicted octanol–water partition coefficient (Wildman–Crippen LogP) is 4.15. The predicted molar refractivity (Wildman–Crippen MR) is 136 cm³/mol. The number of nitrogens with zero attached hydrogens (tertiary/aromatic N) is 3. The van der Waals surface area contributed by atoms with Crippen LogP contribution in [0.5, 0.6) is 11.5 Å². The van der Waals surface area contributed by atoms with Crippen LogP contribution in [-0.2, 0) is 11.3 Å². The number of rotatable bonds is 9. The minimum absolute atomic E-state index is 0.127. The first-order chi connectivity index (χ1) is 17.0. The van der Waals surface area contributed by atoms with Crippen LogP contribution in [0.2, 0.25) is 0 Å². The van der Waals surface area contributed by atoms with E-state index in [1.54, 1.807) is 44.8 Å². The Morgan fingerprint density at radius 2 is 1.89 bits per heavy atom. The number of carbonyl (C=O) groups is 2. The minimum Gasteiger partial charge on any atom is -0.497 e. The summed E-state index contributed by atoms with van der Waals surface area (Å²) in [6.45, 7) is 0.584. The molecule has 0 saturated heterocycles. The van der Waals surface area contributed by atoms with E-state index in [1.165, 1.54) is 11.3 Å². The van der Waals surface area contributed by atoms with Crippen LogP contribution in [0.25, 0.3) is 21.2 Å². The molecular formula is C26H26N4O4S. The van der Waals surface area contributed by atoms with Crippen LogP contribution in [-0.4, -0.2) is 54.5 Å². The van der Waals surface area contributed by atoms with E-state index in [9.17, 15) is 9.59 Å². The second-order valence-electron chi connectivity index (χ2n) is 7.79. The fourth-order valence-electron chi connectivity index (χ4n) is 3.70. The van der Waals surface area contributed by atoms with Gasteiger partial charge in [0.2, 0.25) is 5.91 Å². The first-order valence-electron chi connectivity index (χ1n) is 11.0. The molecule has 180 valence electrons. The smallest absolute Gasteiger partial charge is 0.264 e. The summed E-state index contributed by atoms with van der Waals surface area (Å²) in [5.41, 5.74) is 2.51. The van der Waals surface area contributed by atoms with Gasteiger partial charge in [0.05, 0.1) is 37.5 Å². The van der Waals surface area contributed by atoms with E-state index in [-0.39, 0.29) is 24.8 Å². The molecule has 8 nitrogen and oxygen atoms in total. The number of pyridine rings is 2. The molecule has 0 spiro atoms. The highest BCUT2D eigenvalue weighted by Gasteiger charge is 2.22. The highest BCUT2D eigenvalue weighted by Crippen LogP contribution is 2.39. The Morgan fingerprint density at radius 3 is 2.60 bits per heavy atom. The van der Waals surface area contributed by atoms with E-state index in [0.717, 1.165) is 26.9 Å². The van der Waals surface area contributed by atoms with Crippen molar-refractivity contribution in [1.82, 2.24) is 20.2 Å². The third kappa shape index (κ3) is 5.58. The summed E-state index contributed by atoms with van der Waals surface area (Å²) in [7, 11) is 4.79. The van der Waals surface area contributed by atoms with Gasteiger partial charge >= 0.3 is 0 Å². The zero-order chi connectivity index (χ0) is 24.8. The van der Waals surface area contributed by atoms with Crippen LogP contribution in [0.15, 0.2) is 61.1 Å². The summed E-state index contributed by atoms with van der Waals surface area (Å²) < 4.78 is 11.8. The number of fused-ring (bicyclic) bond motifs is 1. The summed E-state index contributed by atoms with van der Waals surface area (Å²) in [6, 6.07) is 13.2. The summed E-state index contributed by atoms with van der Waals surface area (Å²) in [6.07, 6.45) is 5.30. The topological polar surface area (TPSA) is 93.7 Å². The van der Waals surface area contributed by atoms with E-state index < -0.39 is 0 Å². The number of ether oxygens (including phenoxy) is 2. The molecule has 0 fully saturated rings. The average Bonchev–Trinajstić information content (AvgIpc) is 3.34. The molecule has 4 aromatic rings. The molecule has 1 N–H and O–H groups in total. The van der Waals surface area contributed by atoms with Gasteiger partial charge in [-0.05, 0) is 41.8 Å². The van der Waals surface area contributed by atoms with Gasteiger partial charge in [-0.1, -0.05) is 6.07 Å². The van der Waals surface area contributed by atoms with Crippen molar-refractivity contribution in [1.29, 1.82) is 0 Å². The van der Waals surface area contributed by atoms with Crippen molar-refractivity contribution < 1.29 is 19.1 Å².